The number of ether oxygens (including phenoxy) is 1. The van der Waals surface area contributed by atoms with Crippen LogP contribution in [0.25, 0.3) is 6.08 Å². The van der Waals surface area contributed by atoms with Crippen molar-refractivity contribution >= 4 is 46.4 Å². The third kappa shape index (κ3) is 5.18. The molecule has 0 aliphatic carbocycles. The van der Waals surface area contributed by atoms with Gasteiger partial charge in [-0.15, -0.1) is 0 Å². The molecule has 0 unspecified atom stereocenters. The van der Waals surface area contributed by atoms with Crippen molar-refractivity contribution in [3.05, 3.63) is 85.0 Å². The molecule has 2 amide bonds. The van der Waals surface area contributed by atoms with E-state index in [0.717, 1.165) is 28.3 Å². The number of amides is 2. The number of hydrogen-bond acceptors (Lipinski definition) is 6. The van der Waals surface area contributed by atoms with Crippen molar-refractivity contribution in [1.29, 1.82) is 0 Å². The molecule has 2 aromatic rings. The van der Waals surface area contributed by atoms with Gasteiger partial charge in [0.15, 0.2) is 0 Å². The number of nitrogens with zero attached hydrogens (tertiary/aromatic N) is 1. The molecular weight excluding hydrogens is 390 g/mol. The smallest absolute Gasteiger partial charge is 0.335 e. The zero-order chi connectivity index (χ0) is 20.8. The van der Waals surface area contributed by atoms with Crippen molar-refractivity contribution in [2.24, 2.45) is 0 Å². The lowest BCUT2D eigenvalue weighted by atomic mass is 10.2. The molecule has 0 spiro atoms. The average molecular weight is 405 g/mol. The van der Waals surface area contributed by atoms with Crippen molar-refractivity contribution < 1.29 is 23.9 Å². The monoisotopic (exact) mass is 405 g/mol. The van der Waals surface area contributed by atoms with Gasteiger partial charge >= 0.3 is 5.97 Å². The summed E-state index contributed by atoms with van der Waals surface area (Å²) in [6.07, 6.45) is 6.59. The molecule has 1 heterocycles. The van der Waals surface area contributed by atoms with Crippen LogP contribution >= 0.6 is 11.8 Å². The maximum Gasteiger partial charge on any atom is 0.335 e. The van der Waals surface area contributed by atoms with Crippen molar-refractivity contribution in [1.82, 2.24) is 0 Å². The van der Waals surface area contributed by atoms with E-state index in [4.69, 9.17) is 4.74 Å². The molecular formula is C22H15NO5S. The minimum atomic E-state index is -0.551. The summed E-state index contributed by atoms with van der Waals surface area (Å²) in [5, 5.41) is -0.181. The van der Waals surface area contributed by atoms with E-state index in [1.165, 1.54) is 18.2 Å². The molecule has 1 aliphatic heterocycles. The Labute approximate surface area is 171 Å². The van der Waals surface area contributed by atoms with Gasteiger partial charge in [0.2, 0.25) is 5.12 Å². The summed E-state index contributed by atoms with van der Waals surface area (Å²) in [7, 11) is 0. The molecule has 0 N–H and O–H groups in total. The first kappa shape index (κ1) is 20.0. The van der Waals surface area contributed by atoms with E-state index in [9.17, 15) is 19.2 Å². The Balaban J connectivity index is 1.58. The number of carbonyl (C=O) groups excluding carboxylic acids is 4. The molecule has 144 valence electrons. The number of benzene rings is 2. The van der Waals surface area contributed by atoms with Gasteiger partial charge in [-0.25, -0.2) is 9.69 Å². The van der Waals surface area contributed by atoms with E-state index in [1.54, 1.807) is 54.6 Å². The van der Waals surface area contributed by atoms with Gasteiger partial charge in [-0.3, -0.25) is 14.4 Å². The third-order valence-corrected chi connectivity index (χ3v) is 4.64. The van der Waals surface area contributed by atoms with Gasteiger partial charge in [0.05, 0.1) is 5.69 Å². The Morgan fingerprint density at radius 2 is 1.55 bits per heavy atom. The largest absolute Gasteiger partial charge is 0.423 e. The van der Waals surface area contributed by atoms with Gasteiger partial charge in [0, 0.05) is 23.1 Å². The first-order valence-electron chi connectivity index (χ1n) is 8.46. The number of carbonyl (C=O) groups is 4. The summed E-state index contributed by atoms with van der Waals surface area (Å²) < 4.78 is 4.97. The van der Waals surface area contributed by atoms with Crippen molar-refractivity contribution in [2.75, 3.05) is 4.90 Å². The summed E-state index contributed by atoms with van der Waals surface area (Å²) in [5.74, 6) is -0.942. The fourth-order valence-corrected chi connectivity index (χ4v) is 3.08. The second-order valence-electron chi connectivity index (χ2n) is 5.79. The van der Waals surface area contributed by atoms with E-state index in [1.807, 2.05) is 0 Å². The fraction of sp³-hybridized carbons (Fsp3) is 0. The molecule has 7 heteroatoms. The lowest BCUT2D eigenvalue weighted by molar-refractivity contribution is -0.129. The Morgan fingerprint density at radius 1 is 0.931 bits per heavy atom. The van der Waals surface area contributed by atoms with Gasteiger partial charge in [-0.2, -0.15) is 0 Å². The highest BCUT2D eigenvalue weighted by Gasteiger charge is 2.24. The molecule has 3 rings (SSSR count). The Bertz CT molecular complexity index is 1020. The SMILES string of the molecule is C=CC(=O)Oc1ccc(SC(=O)/C=C/c2ccc(N3C(=O)C=CC3=O)cc2)cc1. The highest BCUT2D eigenvalue weighted by molar-refractivity contribution is 8.14. The topological polar surface area (TPSA) is 80.8 Å². The van der Waals surface area contributed by atoms with Gasteiger partial charge in [-0.1, -0.05) is 24.8 Å². The Hall–Kier alpha value is -3.71. The predicted octanol–water partition coefficient (Wildman–Crippen LogP) is 3.54. The molecule has 0 atom stereocenters. The van der Waals surface area contributed by atoms with Crippen LogP contribution in [0, 0.1) is 0 Å². The van der Waals surface area contributed by atoms with Crippen LogP contribution < -0.4 is 9.64 Å². The maximum absolute atomic E-state index is 12.1. The van der Waals surface area contributed by atoms with Crippen LogP contribution in [0.4, 0.5) is 5.69 Å². The van der Waals surface area contributed by atoms with E-state index in [2.05, 4.69) is 6.58 Å². The lowest BCUT2D eigenvalue weighted by Crippen LogP contribution is -2.29. The highest BCUT2D eigenvalue weighted by atomic mass is 32.2. The molecule has 2 aromatic carbocycles. The number of anilines is 1. The molecule has 0 fully saturated rings. The van der Waals surface area contributed by atoms with Crippen LogP contribution in [-0.4, -0.2) is 22.9 Å². The summed E-state index contributed by atoms with van der Waals surface area (Å²) in [4.78, 5) is 48.4. The van der Waals surface area contributed by atoms with Crippen LogP contribution in [0.2, 0.25) is 0 Å². The van der Waals surface area contributed by atoms with E-state index in [0.29, 0.717) is 16.3 Å². The average Bonchev–Trinajstić information content (AvgIpc) is 3.06. The van der Waals surface area contributed by atoms with Crippen LogP contribution in [0.3, 0.4) is 0 Å². The van der Waals surface area contributed by atoms with Crippen molar-refractivity contribution in [3.63, 3.8) is 0 Å². The number of esters is 1. The van der Waals surface area contributed by atoms with Crippen LogP contribution in [0.5, 0.6) is 5.75 Å². The lowest BCUT2D eigenvalue weighted by Gasteiger charge is -2.13. The molecule has 1 aliphatic rings. The third-order valence-electron chi connectivity index (χ3n) is 3.80. The maximum atomic E-state index is 12.1. The van der Waals surface area contributed by atoms with Crippen molar-refractivity contribution in [3.8, 4) is 5.75 Å². The summed E-state index contributed by atoms with van der Waals surface area (Å²) in [5.41, 5.74) is 1.22. The summed E-state index contributed by atoms with van der Waals surface area (Å²) in [6, 6.07) is 13.2. The Morgan fingerprint density at radius 3 is 2.14 bits per heavy atom. The first-order chi connectivity index (χ1) is 14.0. The number of thioether (sulfide) groups is 1. The molecule has 0 aromatic heterocycles. The van der Waals surface area contributed by atoms with E-state index >= 15 is 0 Å². The highest BCUT2D eigenvalue weighted by Crippen LogP contribution is 2.24. The standard InChI is InChI=1S/C22H15NO5S/c1-2-21(26)28-17-8-10-18(11-9-17)29-22(27)14-5-15-3-6-16(7-4-15)23-19(24)12-13-20(23)25/h2-14H,1H2/b14-5+. The first-order valence-corrected chi connectivity index (χ1v) is 9.28. The van der Waals surface area contributed by atoms with Gasteiger partial charge in [-0.05, 0) is 59.8 Å². The van der Waals surface area contributed by atoms with Gasteiger partial charge in [0.1, 0.15) is 5.75 Å². The summed E-state index contributed by atoms with van der Waals surface area (Å²) in [6.45, 7) is 3.32. The number of hydrogen-bond donors (Lipinski definition) is 0. The molecule has 0 bridgehead atoms. The molecule has 29 heavy (non-hydrogen) atoms. The van der Waals surface area contributed by atoms with Crippen LogP contribution in [0.15, 0.2) is 84.3 Å². The van der Waals surface area contributed by atoms with Crippen LogP contribution in [0.1, 0.15) is 5.56 Å². The zero-order valence-corrected chi connectivity index (χ0v) is 15.9. The van der Waals surface area contributed by atoms with Crippen molar-refractivity contribution in [2.45, 2.75) is 4.90 Å². The fourth-order valence-electron chi connectivity index (χ4n) is 2.44. The summed E-state index contributed by atoms with van der Waals surface area (Å²) >= 11 is 1.03. The predicted molar refractivity (Wildman–Crippen MR) is 110 cm³/mol. The zero-order valence-electron chi connectivity index (χ0n) is 15.1. The van der Waals surface area contributed by atoms with E-state index < -0.39 is 5.97 Å². The normalized spacial score (nSPS) is 13.2. The van der Waals surface area contributed by atoms with Crippen LogP contribution in [-0.2, 0) is 19.2 Å². The van der Waals surface area contributed by atoms with Gasteiger partial charge < -0.3 is 4.74 Å². The van der Waals surface area contributed by atoms with Gasteiger partial charge in [0.25, 0.3) is 11.8 Å². The molecule has 0 saturated heterocycles. The molecule has 6 nitrogen and oxygen atoms in total. The molecule has 0 saturated carbocycles. The second kappa shape index (κ2) is 8.99. The minimum Gasteiger partial charge on any atom is -0.423 e. The Kier molecular flexibility index (Phi) is 6.21. The number of rotatable bonds is 6. The van der Waals surface area contributed by atoms with E-state index in [-0.39, 0.29) is 16.9 Å². The minimum absolute atomic E-state index is 0.181. The second-order valence-corrected chi connectivity index (χ2v) is 6.87. The quantitative estimate of drug-likeness (QED) is 0.240. The molecule has 0 radical (unpaired) electrons. The number of imide groups is 1.